The van der Waals surface area contributed by atoms with E-state index in [0.29, 0.717) is 11.4 Å². The Labute approximate surface area is 143 Å². The van der Waals surface area contributed by atoms with E-state index >= 15 is 0 Å². The molecule has 0 radical (unpaired) electrons. The number of nitro groups is 1. The van der Waals surface area contributed by atoms with Crippen LogP contribution in [0.25, 0.3) is 11.3 Å². The maximum atomic E-state index is 12.5. The molecule has 0 atom stereocenters. The van der Waals surface area contributed by atoms with Gasteiger partial charge in [-0.3, -0.25) is 14.9 Å². The number of hydrogen-bond donors (Lipinski definition) is 0. The van der Waals surface area contributed by atoms with E-state index in [1.165, 1.54) is 29.2 Å². The predicted octanol–water partition coefficient (Wildman–Crippen LogP) is 3.83. The van der Waals surface area contributed by atoms with Crippen LogP contribution < -0.4 is 4.90 Å². The molecule has 0 saturated heterocycles. The maximum Gasteiger partial charge on any atom is 0.296 e. The van der Waals surface area contributed by atoms with Crippen LogP contribution in [-0.2, 0) is 0 Å². The van der Waals surface area contributed by atoms with Gasteiger partial charge >= 0.3 is 0 Å². The highest BCUT2D eigenvalue weighted by Crippen LogP contribution is 2.23. The van der Waals surface area contributed by atoms with Crippen LogP contribution in [0.15, 0.2) is 59.1 Å². The molecule has 126 valence electrons. The molecule has 7 nitrogen and oxygen atoms in total. The van der Waals surface area contributed by atoms with Crippen molar-refractivity contribution in [3.63, 3.8) is 0 Å². The fourth-order valence-corrected chi connectivity index (χ4v) is 2.32. The fraction of sp³-hybridized carbons (Fsp3) is 0.111. The van der Waals surface area contributed by atoms with Gasteiger partial charge < -0.3 is 9.42 Å². The van der Waals surface area contributed by atoms with Crippen molar-refractivity contribution >= 4 is 17.3 Å². The van der Waals surface area contributed by atoms with Crippen LogP contribution in [0.4, 0.5) is 11.4 Å². The van der Waals surface area contributed by atoms with Gasteiger partial charge in [0.15, 0.2) is 0 Å². The molecule has 1 aromatic heterocycles. The number of anilines is 1. The molecule has 0 fully saturated rings. The molecule has 1 heterocycles. The zero-order chi connectivity index (χ0) is 18.0. The average Bonchev–Trinajstić information content (AvgIpc) is 3.11. The van der Waals surface area contributed by atoms with Crippen LogP contribution in [0.5, 0.6) is 0 Å². The third-order valence-electron chi connectivity index (χ3n) is 3.82. The molecular formula is C18H15N3O4. The van der Waals surface area contributed by atoms with Crippen LogP contribution in [-0.4, -0.2) is 23.0 Å². The summed E-state index contributed by atoms with van der Waals surface area (Å²) in [5.74, 6) is -0.295. The van der Waals surface area contributed by atoms with Gasteiger partial charge in [-0.05, 0) is 19.1 Å². The number of hydrogen-bond acceptors (Lipinski definition) is 5. The highest BCUT2D eigenvalue weighted by molar-refractivity contribution is 6.04. The molecule has 3 aromatic rings. The first-order chi connectivity index (χ1) is 12.0. The van der Waals surface area contributed by atoms with E-state index in [1.54, 1.807) is 13.1 Å². The first kappa shape index (κ1) is 16.4. The summed E-state index contributed by atoms with van der Waals surface area (Å²) in [6.45, 7) is 1.99. The average molecular weight is 337 g/mol. The van der Waals surface area contributed by atoms with Gasteiger partial charge in [-0.25, -0.2) is 0 Å². The lowest BCUT2D eigenvalue weighted by molar-refractivity contribution is -0.384. The number of benzene rings is 2. The minimum absolute atomic E-state index is 0.0362. The minimum Gasteiger partial charge on any atom is -0.350 e. The Morgan fingerprint density at radius 3 is 2.36 bits per heavy atom. The molecular weight excluding hydrogens is 322 g/mol. The van der Waals surface area contributed by atoms with Gasteiger partial charge in [0.1, 0.15) is 5.69 Å². The van der Waals surface area contributed by atoms with Crippen LogP contribution in [0.1, 0.15) is 16.1 Å². The van der Waals surface area contributed by atoms with Gasteiger partial charge in [-0.15, -0.1) is 0 Å². The second kappa shape index (κ2) is 6.56. The van der Waals surface area contributed by atoms with Gasteiger partial charge in [-0.2, -0.15) is 0 Å². The molecule has 0 saturated carbocycles. The summed E-state index contributed by atoms with van der Waals surface area (Å²) in [6.07, 6.45) is 0. The summed E-state index contributed by atoms with van der Waals surface area (Å²) < 4.78 is 5.17. The quantitative estimate of drug-likeness (QED) is 0.533. The molecule has 0 aliphatic rings. The molecule has 3 rings (SSSR count). The number of rotatable bonds is 4. The molecule has 0 aliphatic heterocycles. The van der Waals surface area contributed by atoms with E-state index in [-0.39, 0.29) is 17.4 Å². The smallest absolute Gasteiger partial charge is 0.296 e. The van der Waals surface area contributed by atoms with E-state index in [1.807, 2.05) is 31.2 Å². The summed E-state index contributed by atoms with van der Waals surface area (Å²) >= 11 is 0. The SMILES string of the molecule is Cc1ccc(-c2cc(C(=O)N(C)c3ccc([N+](=O)[O-])cc3)on2)cc1. The molecule has 0 aliphatic carbocycles. The summed E-state index contributed by atoms with van der Waals surface area (Å²) in [5, 5.41) is 14.6. The van der Waals surface area contributed by atoms with Crippen molar-refractivity contribution in [3.8, 4) is 11.3 Å². The van der Waals surface area contributed by atoms with E-state index in [2.05, 4.69) is 5.16 Å². The summed E-state index contributed by atoms with van der Waals surface area (Å²) in [5.41, 5.74) is 3.03. The third-order valence-corrected chi connectivity index (χ3v) is 3.82. The Balaban J connectivity index is 1.80. The lowest BCUT2D eigenvalue weighted by atomic mass is 10.1. The Morgan fingerprint density at radius 1 is 1.12 bits per heavy atom. The van der Waals surface area contributed by atoms with Gasteiger partial charge in [0.25, 0.3) is 11.6 Å². The number of aromatic nitrogens is 1. The van der Waals surface area contributed by atoms with Gasteiger partial charge in [0.2, 0.25) is 5.76 Å². The maximum absolute atomic E-state index is 12.5. The van der Waals surface area contributed by atoms with Gasteiger partial charge in [0.05, 0.1) is 4.92 Å². The standard InChI is InChI=1S/C18H15N3O4/c1-12-3-5-13(6-4-12)16-11-17(25-19-16)18(22)20(2)14-7-9-15(10-8-14)21(23)24/h3-11H,1-2H3. The zero-order valence-electron chi connectivity index (χ0n) is 13.7. The van der Waals surface area contributed by atoms with Crippen molar-refractivity contribution in [2.45, 2.75) is 6.92 Å². The van der Waals surface area contributed by atoms with Crippen molar-refractivity contribution in [2.75, 3.05) is 11.9 Å². The molecule has 1 amide bonds. The van der Waals surface area contributed by atoms with Crippen molar-refractivity contribution in [2.24, 2.45) is 0 Å². The monoisotopic (exact) mass is 337 g/mol. The highest BCUT2D eigenvalue weighted by Gasteiger charge is 2.20. The van der Waals surface area contributed by atoms with Crippen LogP contribution in [0.3, 0.4) is 0 Å². The third kappa shape index (κ3) is 3.40. The number of nitrogens with zero attached hydrogens (tertiary/aromatic N) is 3. The topological polar surface area (TPSA) is 89.5 Å². The number of carbonyl (C=O) groups is 1. The van der Waals surface area contributed by atoms with Gasteiger partial charge in [-0.1, -0.05) is 35.0 Å². The fourth-order valence-electron chi connectivity index (χ4n) is 2.32. The molecule has 0 N–H and O–H groups in total. The van der Waals surface area contributed by atoms with E-state index in [9.17, 15) is 14.9 Å². The molecule has 0 spiro atoms. The molecule has 0 bridgehead atoms. The largest absolute Gasteiger partial charge is 0.350 e. The molecule has 25 heavy (non-hydrogen) atoms. The summed E-state index contributed by atoms with van der Waals surface area (Å²) in [4.78, 5) is 24.1. The second-order valence-corrected chi connectivity index (χ2v) is 5.58. The van der Waals surface area contributed by atoms with Crippen molar-refractivity contribution in [1.29, 1.82) is 0 Å². The van der Waals surface area contributed by atoms with E-state index < -0.39 is 4.92 Å². The lowest BCUT2D eigenvalue weighted by Crippen LogP contribution is -2.25. The number of aryl methyl sites for hydroxylation is 1. The molecule has 7 heteroatoms. The Hall–Kier alpha value is -3.48. The van der Waals surface area contributed by atoms with E-state index in [0.717, 1.165) is 11.1 Å². The van der Waals surface area contributed by atoms with E-state index in [4.69, 9.17) is 4.52 Å². The highest BCUT2D eigenvalue weighted by atomic mass is 16.6. The minimum atomic E-state index is -0.490. The second-order valence-electron chi connectivity index (χ2n) is 5.58. The number of non-ortho nitro benzene ring substituents is 1. The van der Waals surface area contributed by atoms with Crippen molar-refractivity contribution < 1.29 is 14.2 Å². The number of amides is 1. The number of carbonyl (C=O) groups excluding carboxylic acids is 1. The van der Waals surface area contributed by atoms with Crippen LogP contribution in [0, 0.1) is 17.0 Å². The Morgan fingerprint density at radius 2 is 1.76 bits per heavy atom. The van der Waals surface area contributed by atoms with Crippen molar-refractivity contribution in [3.05, 3.63) is 76.0 Å². The molecule has 2 aromatic carbocycles. The normalized spacial score (nSPS) is 10.5. The van der Waals surface area contributed by atoms with Crippen molar-refractivity contribution in [1.82, 2.24) is 5.16 Å². The lowest BCUT2D eigenvalue weighted by Gasteiger charge is -2.14. The number of nitro benzene ring substituents is 1. The first-order valence-corrected chi connectivity index (χ1v) is 7.52. The Kier molecular flexibility index (Phi) is 4.30. The van der Waals surface area contributed by atoms with Crippen LogP contribution in [0.2, 0.25) is 0 Å². The summed E-state index contributed by atoms with van der Waals surface area (Å²) in [6, 6.07) is 15.0. The molecule has 0 unspecified atom stereocenters. The predicted molar refractivity (Wildman–Crippen MR) is 92.5 cm³/mol. The zero-order valence-corrected chi connectivity index (χ0v) is 13.7. The first-order valence-electron chi connectivity index (χ1n) is 7.52. The summed E-state index contributed by atoms with van der Waals surface area (Å²) in [7, 11) is 1.57. The van der Waals surface area contributed by atoms with Crippen LogP contribution >= 0.6 is 0 Å². The Bertz CT molecular complexity index is 914. The van der Waals surface area contributed by atoms with Gasteiger partial charge in [0, 0.05) is 36.5 Å².